The van der Waals surface area contributed by atoms with E-state index in [-0.39, 0.29) is 17.8 Å². The zero-order valence-electron chi connectivity index (χ0n) is 13.6. The average molecular weight is 335 g/mol. The third kappa shape index (κ3) is 7.56. The molecular weight excluding hydrogens is 306 g/mol. The maximum atomic E-state index is 12.1. The second-order valence-corrected chi connectivity index (χ2v) is 8.08. The van der Waals surface area contributed by atoms with Crippen molar-refractivity contribution in [1.29, 1.82) is 0 Å². The molecule has 2 N–H and O–H groups in total. The van der Waals surface area contributed by atoms with Crippen LogP contribution in [0.25, 0.3) is 0 Å². The van der Waals surface area contributed by atoms with Crippen LogP contribution in [0.1, 0.15) is 58.8 Å². The van der Waals surface area contributed by atoms with Crippen LogP contribution in [0.3, 0.4) is 0 Å². The van der Waals surface area contributed by atoms with Gasteiger partial charge in [0.1, 0.15) is 6.04 Å². The van der Waals surface area contributed by atoms with E-state index in [1.165, 1.54) is 12.8 Å². The first-order valence-electron chi connectivity index (χ1n) is 8.18. The number of rotatable bonds is 11. The van der Waals surface area contributed by atoms with Crippen molar-refractivity contribution in [3.63, 3.8) is 0 Å². The summed E-state index contributed by atoms with van der Waals surface area (Å²) < 4.78 is 32.2. The minimum Gasteiger partial charge on any atom is -0.480 e. The second kappa shape index (κ2) is 9.47. The van der Waals surface area contributed by atoms with Gasteiger partial charge in [0.15, 0.2) is 0 Å². The van der Waals surface area contributed by atoms with Gasteiger partial charge in [0, 0.05) is 0 Å². The molecule has 0 amide bonds. The SMILES string of the molecule is CCCCC(NS(=O)(=O)CC(C)COC1CCCC1)C(=O)O. The lowest BCUT2D eigenvalue weighted by molar-refractivity contribution is -0.139. The van der Waals surface area contributed by atoms with E-state index in [9.17, 15) is 13.2 Å². The highest BCUT2D eigenvalue weighted by Gasteiger charge is 2.25. The number of hydrogen-bond donors (Lipinski definition) is 2. The molecule has 1 aliphatic rings. The molecule has 1 rings (SSSR count). The van der Waals surface area contributed by atoms with Crippen molar-refractivity contribution in [1.82, 2.24) is 4.72 Å². The van der Waals surface area contributed by atoms with E-state index in [4.69, 9.17) is 9.84 Å². The molecule has 0 spiro atoms. The van der Waals surface area contributed by atoms with E-state index in [2.05, 4.69) is 4.72 Å². The van der Waals surface area contributed by atoms with Gasteiger partial charge < -0.3 is 9.84 Å². The summed E-state index contributed by atoms with van der Waals surface area (Å²) in [6.07, 6.45) is 6.54. The van der Waals surface area contributed by atoms with E-state index in [0.717, 1.165) is 19.3 Å². The third-order valence-electron chi connectivity index (χ3n) is 3.89. The molecule has 0 aromatic carbocycles. The number of carbonyl (C=O) groups is 1. The summed E-state index contributed by atoms with van der Waals surface area (Å²) in [6.45, 7) is 4.16. The van der Waals surface area contributed by atoms with Crippen molar-refractivity contribution in [2.24, 2.45) is 5.92 Å². The molecule has 1 fully saturated rings. The highest BCUT2D eigenvalue weighted by atomic mass is 32.2. The highest BCUT2D eigenvalue weighted by molar-refractivity contribution is 7.89. The Morgan fingerprint density at radius 3 is 2.55 bits per heavy atom. The van der Waals surface area contributed by atoms with Crippen LogP contribution in [0.2, 0.25) is 0 Å². The van der Waals surface area contributed by atoms with E-state index in [1.807, 2.05) is 13.8 Å². The van der Waals surface area contributed by atoms with Gasteiger partial charge in [-0.25, -0.2) is 13.1 Å². The Kier molecular flexibility index (Phi) is 8.35. The summed E-state index contributed by atoms with van der Waals surface area (Å²) in [4.78, 5) is 11.1. The molecule has 2 atom stereocenters. The molecule has 0 aromatic rings. The van der Waals surface area contributed by atoms with Gasteiger partial charge in [-0.15, -0.1) is 0 Å². The van der Waals surface area contributed by atoms with Crippen LogP contribution in [-0.2, 0) is 19.6 Å². The number of carboxylic acids is 1. The molecule has 6 nitrogen and oxygen atoms in total. The monoisotopic (exact) mass is 335 g/mol. The summed E-state index contributed by atoms with van der Waals surface area (Å²) in [5, 5.41) is 9.09. The largest absolute Gasteiger partial charge is 0.480 e. The van der Waals surface area contributed by atoms with E-state index in [1.54, 1.807) is 0 Å². The lowest BCUT2D eigenvalue weighted by Crippen LogP contribution is -2.43. The van der Waals surface area contributed by atoms with Gasteiger partial charge >= 0.3 is 5.97 Å². The molecule has 2 unspecified atom stereocenters. The molecule has 22 heavy (non-hydrogen) atoms. The molecule has 0 saturated heterocycles. The van der Waals surface area contributed by atoms with E-state index < -0.39 is 22.0 Å². The fraction of sp³-hybridized carbons (Fsp3) is 0.933. The van der Waals surface area contributed by atoms with Crippen molar-refractivity contribution < 1.29 is 23.1 Å². The molecular formula is C15H29NO5S. The Morgan fingerprint density at radius 2 is 2.00 bits per heavy atom. The van der Waals surface area contributed by atoms with Gasteiger partial charge in [-0.05, 0) is 25.2 Å². The van der Waals surface area contributed by atoms with Crippen LogP contribution in [-0.4, -0.2) is 44.0 Å². The molecule has 0 aliphatic heterocycles. The Morgan fingerprint density at radius 1 is 1.36 bits per heavy atom. The van der Waals surface area contributed by atoms with E-state index >= 15 is 0 Å². The number of nitrogens with one attached hydrogen (secondary N) is 1. The van der Waals surface area contributed by atoms with Crippen molar-refractivity contribution in [2.45, 2.75) is 70.9 Å². The van der Waals surface area contributed by atoms with Crippen molar-refractivity contribution in [3.8, 4) is 0 Å². The smallest absolute Gasteiger partial charge is 0.321 e. The number of unbranched alkanes of at least 4 members (excludes halogenated alkanes) is 1. The molecule has 130 valence electrons. The molecule has 7 heteroatoms. The third-order valence-corrected chi connectivity index (χ3v) is 5.54. The van der Waals surface area contributed by atoms with Crippen LogP contribution in [0.5, 0.6) is 0 Å². The second-order valence-electron chi connectivity index (χ2n) is 6.28. The van der Waals surface area contributed by atoms with Crippen LogP contribution in [0, 0.1) is 5.92 Å². The topological polar surface area (TPSA) is 92.7 Å². The van der Waals surface area contributed by atoms with Gasteiger partial charge in [-0.1, -0.05) is 39.5 Å². The molecule has 0 aromatic heterocycles. The number of aliphatic carboxylic acids is 1. The normalized spacial score (nSPS) is 19.2. The van der Waals surface area contributed by atoms with E-state index in [0.29, 0.717) is 19.4 Å². The van der Waals surface area contributed by atoms with Gasteiger partial charge in [0.05, 0.1) is 18.5 Å². The van der Waals surface area contributed by atoms with Crippen molar-refractivity contribution >= 4 is 16.0 Å². The molecule has 1 saturated carbocycles. The molecule has 0 radical (unpaired) electrons. The minimum absolute atomic E-state index is 0.102. The number of sulfonamides is 1. The number of hydrogen-bond acceptors (Lipinski definition) is 4. The average Bonchev–Trinajstić information content (AvgIpc) is 2.93. The van der Waals surface area contributed by atoms with Crippen LogP contribution >= 0.6 is 0 Å². The maximum absolute atomic E-state index is 12.1. The van der Waals surface area contributed by atoms with Crippen LogP contribution in [0.15, 0.2) is 0 Å². The minimum atomic E-state index is -3.61. The zero-order chi connectivity index (χ0) is 16.6. The van der Waals surface area contributed by atoms with Gasteiger partial charge in [-0.2, -0.15) is 0 Å². The predicted octanol–water partition coefficient (Wildman–Crippen LogP) is 2.14. The Labute approximate surface area is 133 Å². The van der Waals surface area contributed by atoms with Crippen molar-refractivity contribution in [2.75, 3.05) is 12.4 Å². The zero-order valence-corrected chi connectivity index (χ0v) is 14.4. The Hall–Kier alpha value is -0.660. The summed E-state index contributed by atoms with van der Waals surface area (Å²) in [7, 11) is -3.61. The van der Waals surface area contributed by atoms with Crippen molar-refractivity contribution in [3.05, 3.63) is 0 Å². The molecule has 0 bridgehead atoms. The van der Waals surface area contributed by atoms with Gasteiger partial charge in [0.25, 0.3) is 0 Å². The van der Waals surface area contributed by atoms with Crippen LogP contribution in [0.4, 0.5) is 0 Å². The lowest BCUT2D eigenvalue weighted by atomic mass is 10.1. The van der Waals surface area contributed by atoms with Crippen LogP contribution < -0.4 is 4.72 Å². The Balaban J connectivity index is 2.41. The Bertz CT molecular complexity index is 431. The summed E-state index contributed by atoms with van der Waals surface area (Å²) in [5.41, 5.74) is 0. The first kappa shape index (κ1) is 19.4. The maximum Gasteiger partial charge on any atom is 0.321 e. The van der Waals surface area contributed by atoms with Gasteiger partial charge in [0.2, 0.25) is 10.0 Å². The summed E-state index contributed by atoms with van der Waals surface area (Å²) in [5.74, 6) is -1.37. The summed E-state index contributed by atoms with van der Waals surface area (Å²) in [6, 6.07) is -1.03. The lowest BCUT2D eigenvalue weighted by Gasteiger charge is -2.18. The first-order valence-corrected chi connectivity index (χ1v) is 9.83. The first-order chi connectivity index (χ1) is 10.3. The number of ether oxygens (including phenoxy) is 1. The highest BCUT2D eigenvalue weighted by Crippen LogP contribution is 2.21. The predicted molar refractivity (Wildman–Crippen MR) is 85.2 cm³/mol. The fourth-order valence-electron chi connectivity index (χ4n) is 2.68. The standard InChI is InChI=1S/C15H29NO5S/c1-3-4-9-14(15(17)18)16-22(19,20)11-12(2)10-21-13-7-5-6-8-13/h12-14,16H,3-11H2,1-2H3,(H,17,18). The molecule has 1 aliphatic carbocycles. The van der Waals surface area contributed by atoms with Gasteiger partial charge in [-0.3, -0.25) is 4.79 Å². The fourth-order valence-corrected chi connectivity index (χ4v) is 4.28. The quantitative estimate of drug-likeness (QED) is 0.603. The summed E-state index contributed by atoms with van der Waals surface area (Å²) >= 11 is 0. The number of carboxylic acid groups (broad SMARTS) is 1. The molecule has 0 heterocycles.